The fourth-order valence-corrected chi connectivity index (χ4v) is 6.36. The van der Waals surface area contributed by atoms with E-state index < -0.39 is 10.0 Å². The van der Waals surface area contributed by atoms with Crippen LogP contribution < -0.4 is 5.32 Å². The van der Waals surface area contributed by atoms with Gasteiger partial charge in [0.2, 0.25) is 10.0 Å². The van der Waals surface area contributed by atoms with Crippen LogP contribution in [0.3, 0.4) is 0 Å². The van der Waals surface area contributed by atoms with Crippen LogP contribution in [0.15, 0.2) is 46.7 Å². The second-order valence-electron chi connectivity index (χ2n) is 8.36. The fraction of sp³-hybridized carbons (Fsp3) is 0.478. The van der Waals surface area contributed by atoms with E-state index in [1.165, 1.54) is 15.6 Å². The van der Waals surface area contributed by atoms with Crippen molar-refractivity contribution in [2.45, 2.75) is 24.2 Å². The molecule has 8 nitrogen and oxygen atoms in total. The molecule has 2 aliphatic heterocycles. The van der Waals surface area contributed by atoms with Crippen LogP contribution in [0.25, 0.3) is 0 Å². The second-order valence-corrected chi connectivity index (χ2v) is 11.2. The molecule has 0 unspecified atom stereocenters. The van der Waals surface area contributed by atoms with Gasteiger partial charge in [0.25, 0.3) is 11.8 Å². The molecule has 3 heterocycles. The average Bonchev–Trinajstić information content (AvgIpc) is 3.40. The predicted octanol–water partition coefficient (Wildman–Crippen LogP) is 2.11. The highest BCUT2D eigenvalue weighted by Crippen LogP contribution is 2.21. The highest BCUT2D eigenvalue weighted by Gasteiger charge is 2.27. The summed E-state index contributed by atoms with van der Waals surface area (Å²) in [6, 6.07) is 9.99. The smallest absolute Gasteiger partial charge is 0.261 e. The number of hydrogen-bond acceptors (Lipinski definition) is 6. The van der Waals surface area contributed by atoms with Gasteiger partial charge in [-0.2, -0.15) is 4.31 Å². The lowest BCUT2D eigenvalue weighted by molar-refractivity contribution is 0.0638. The summed E-state index contributed by atoms with van der Waals surface area (Å²) in [7, 11) is -3.49. The van der Waals surface area contributed by atoms with Crippen LogP contribution in [0.2, 0.25) is 0 Å². The van der Waals surface area contributed by atoms with Crippen molar-refractivity contribution in [3.63, 3.8) is 0 Å². The lowest BCUT2D eigenvalue weighted by atomic mass is 10.2. The number of benzene rings is 1. The van der Waals surface area contributed by atoms with Crippen molar-refractivity contribution in [3.05, 3.63) is 52.2 Å². The van der Waals surface area contributed by atoms with Gasteiger partial charge < -0.3 is 10.2 Å². The van der Waals surface area contributed by atoms with E-state index in [0.29, 0.717) is 43.2 Å². The van der Waals surface area contributed by atoms with Crippen molar-refractivity contribution < 1.29 is 18.0 Å². The Labute approximate surface area is 199 Å². The normalized spacial score (nSPS) is 18.2. The lowest BCUT2D eigenvalue weighted by Crippen LogP contribution is -2.50. The largest absolute Gasteiger partial charge is 0.350 e. The standard InChI is InChI=1S/C23H30N4O4S2/c28-22(21-5-4-18-32-21)24-10-13-25-14-16-26(17-15-25)23(29)19-6-8-20(9-7-19)33(30,31)27-11-2-1-3-12-27/h4-9,18H,1-3,10-17H2,(H,24,28). The van der Waals surface area contributed by atoms with E-state index in [4.69, 9.17) is 0 Å². The summed E-state index contributed by atoms with van der Waals surface area (Å²) in [5.74, 6) is -0.132. The molecule has 10 heteroatoms. The predicted molar refractivity (Wildman–Crippen MR) is 128 cm³/mol. The zero-order valence-corrected chi connectivity index (χ0v) is 20.2. The topological polar surface area (TPSA) is 90.0 Å². The zero-order valence-electron chi connectivity index (χ0n) is 18.6. The molecule has 0 atom stereocenters. The average molecular weight is 491 g/mol. The van der Waals surface area contributed by atoms with Crippen LogP contribution in [0.1, 0.15) is 39.3 Å². The van der Waals surface area contributed by atoms with Crippen molar-refractivity contribution in [2.75, 3.05) is 52.4 Å². The zero-order chi connectivity index (χ0) is 23.3. The van der Waals surface area contributed by atoms with Gasteiger partial charge in [-0.05, 0) is 48.6 Å². The Morgan fingerprint density at radius 3 is 2.24 bits per heavy atom. The van der Waals surface area contributed by atoms with Crippen molar-refractivity contribution >= 4 is 33.2 Å². The molecule has 0 radical (unpaired) electrons. The van der Waals surface area contributed by atoms with Crippen LogP contribution in [-0.2, 0) is 10.0 Å². The van der Waals surface area contributed by atoms with Crippen molar-refractivity contribution in [2.24, 2.45) is 0 Å². The van der Waals surface area contributed by atoms with Gasteiger partial charge >= 0.3 is 0 Å². The van der Waals surface area contributed by atoms with E-state index in [1.54, 1.807) is 35.2 Å². The number of hydrogen-bond donors (Lipinski definition) is 1. The van der Waals surface area contributed by atoms with E-state index in [1.807, 2.05) is 11.4 Å². The summed E-state index contributed by atoms with van der Waals surface area (Å²) in [5, 5.41) is 4.81. The van der Waals surface area contributed by atoms with Gasteiger partial charge in [0.15, 0.2) is 0 Å². The Bertz CT molecular complexity index is 1040. The summed E-state index contributed by atoms with van der Waals surface area (Å²) in [4.78, 5) is 29.9. The quantitative estimate of drug-likeness (QED) is 0.642. The Morgan fingerprint density at radius 2 is 1.61 bits per heavy atom. The number of carbonyl (C=O) groups excluding carboxylic acids is 2. The summed E-state index contributed by atoms with van der Waals surface area (Å²) in [6.45, 7) is 5.11. The molecule has 0 aliphatic carbocycles. The van der Waals surface area contributed by atoms with Gasteiger partial charge in [-0.1, -0.05) is 12.5 Å². The minimum atomic E-state index is -3.49. The number of carbonyl (C=O) groups is 2. The van der Waals surface area contributed by atoms with Crippen molar-refractivity contribution in [1.29, 1.82) is 0 Å². The molecule has 33 heavy (non-hydrogen) atoms. The van der Waals surface area contributed by atoms with Gasteiger partial charge in [-0.15, -0.1) is 11.3 Å². The first-order valence-corrected chi connectivity index (χ1v) is 13.7. The Hall–Kier alpha value is -2.27. The highest BCUT2D eigenvalue weighted by atomic mass is 32.2. The minimum absolute atomic E-state index is 0.0513. The summed E-state index contributed by atoms with van der Waals surface area (Å²) >= 11 is 1.42. The third-order valence-electron chi connectivity index (χ3n) is 6.17. The van der Waals surface area contributed by atoms with Crippen molar-refractivity contribution in [3.8, 4) is 0 Å². The van der Waals surface area contributed by atoms with E-state index in [0.717, 1.165) is 38.9 Å². The van der Waals surface area contributed by atoms with E-state index in [-0.39, 0.29) is 16.7 Å². The van der Waals surface area contributed by atoms with Gasteiger partial charge in [-0.3, -0.25) is 14.5 Å². The number of piperidine rings is 1. The van der Waals surface area contributed by atoms with Crippen LogP contribution in [0.5, 0.6) is 0 Å². The van der Waals surface area contributed by atoms with E-state index in [9.17, 15) is 18.0 Å². The maximum Gasteiger partial charge on any atom is 0.261 e. The van der Waals surface area contributed by atoms with Crippen LogP contribution in [0.4, 0.5) is 0 Å². The van der Waals surface area contributed by atoms with Crippen LogP contribution in [0, 0.1) is 0 Å². The summed E-state index contributed by atoms with van der Waals surface area (Å²) in [6.07, 6.45) is 2.85. The molecule has 178 valence electrons. The number of thiophene rings is 1. The maximum absolute atomic E-state index is 12.9. The summed E-state index contributed by atoms with van der Waals surface area (Å²) < 4.78 is 27.1. The lowest BCUT2D eigenvalue weighted by Gasteiger charge is -2.34. The molecule has 2 aliphatic rings. The Kier molecular flexibility index (Phi) is 7.79. The van der Waals surface area contributed by atoms with Gasteiger partial charge in [0.05, 0.1) is 9.77 Å². The van der Waals surface area contributed by atoms with E-state index in [2.05, 4.69) is 10.2 Å². The Morgan fingerprint density at radius 1 is 0.909 bits per heavy atom. The Balaban J connectivity index is 1.25. The molecular formula is C23H30N4O4S2. The first-order chi connectivity index (χ1) is 15.9. The first-order valence-electron chi connectivity index (χ1n) is 11.4. The number of rotatable bonds is 7. The molecular weight excluding hydrogens is 460 g/mol. The van der Waals surface area contributed by atoms with E-state index >= 15 is 0 Å². The minimum Gasteiger partial charge on any atom is -0.350 e. The molecule has 2 amide bonds. The SMILES string of the molecule is O=C(NCCN1CCN(C(=O)c2ccc(S(=O)(=O)N3CCCCC3)cc2)CC1)c1cccs1. The molecule has 1 aromatic carbocycles. The fourth-order valence-electron chi connectivity index (χ4n) is 4.20. The van der Waals surface area contributed by atoms with Crippen molar-refractivity contribution in [1.82, 2.24) is 19.4 Å². The number of nitrogens with zero attached hydrogens (tertiary/aromatic N) is 3. The highest BCUT2D eigenvalue weighted by molar-refractivity contribution is 7.89. The molecule has 0 bridgehead atoms. The third-order valence-corrected chi connectivity index (χ3v) is 8.95. The second kappa shape index (κ2) is 10.8. The molecule has 0 saturated carbocycles. The molecule has 2 aromatic rings. The molecule has 4 rings (SSSR count). The maximum atomic E-state index is 12.9. The van der Waals surface area contributed by atoms with Gasteiger partial charge in [0.1, 0.15) is 0 Å². The monoisotopic (exact) mass is 490 g/mol. The number of amides is 2. The number of nitrogens with one attached hydrogen (secondary N) is 1. The molecule has 1 aromatic heterocycles. The third kappa shape index (κ3) is 5.81. The number of sulfonamides is 1. The van der Waals surface area contributed by atoms with Gasteiger partial charge in [0, 0.05) is 57.9 Å². The molecule has 1 N–H and O–H groups in total. The molecule has 0 spiro atoms. The molecule has 2 saturated heterocycles. The molecule has 2 fully saturated rings. The van der Waals surface area contributed by atoms with Crippen LogP contribution in [-0.4, -0.2) is 86.7 Å². The van der Waals surface area contributed by atoms with Gasteiger partial charge in [-0.25, -0.2) is 8.42 Å². The first kappa shape index (κ1) is 23.9. The van der Waals surface area contributed by atoms with Crippen LogP contribution >= 0.6 is 11.3 Å². The number of piperazine rings is 1. The summed E-state index contributed by atoms with van der Waals surface area (Å²) in [5.41, 5.74) is 0.504.